The molecule has 1 aromatic heterocycles. The number of non-ortho nitro benzene ring substituents is 1. The molecule has 168 valence electrons. The van der Waals surface area contributed by atoms with E-state index in [0.29, 0.717) is 31.9 Å². The van der Waals surface area contributed by atoms with Crippen molar-refractivity contribution in [3.63, 3.8) is 0 Å². The fourth-order valence-electron chi connectivity index (χ4n) is 4.47. The number of benzene rings is 1. The molecular formula is C20H28N6O4S. The third-order valence-electron chi connectivity index (χ3n) is 6.19. The van der Waals surface area contributed by atoms with Crippen LogP contribution in [0, 0.1) is 10.1 Å². The van der Waals surface area contributed by atoms with Crippen LogP contribution in [0.15, 0.2) is 29.4 Å². The normalized spacial score (nSPS) is 18.7. The Bertz CT molecular complexity index is 1050. The van der Waals surface area contributed by atoms with Crippen LogP contribution in [0.4, 0.5) is 11.4 Å². The van der Waals surface area contributed by atoms with Crippen molar-refractivity contribution in [2.45, 2.75) is 56.4 Å². The highest BCUT2D eigenvalue weighted by Crippen LogP contribution is 2.36. The smallest absolute Gasteiger partial charge is 0.270 e. The lowest BCUT2D eigenvalue weighted by atomic mass is 9.95. The van der Waals surface area contributed by atoms with E-state index in [9.17, 15) is 18.5 Å². The molecule has 0 atom stereocenters. The van der Waals surface area contributed by atoms with Crippen molar-refractivity contribution in [1.82, 2.24) is 19.1 Å². The van der Waals surface area contributed by atoms with Gasteiger partial charge in [0.15, 0.2) is 0 Å². The standard InChI is InChI=1S/C20H28N6O4S/c1-15(2)25-14-21-22-20(25)16-7-11-23(12-8-16)18-6-5-17(26(27)28)13-19(18)31(29,30)24-9-3-4-10-24/h5-6,13-16H,3-4,7-12H2,1-2H3. The highest BCUT2D eigenvalue weighted by molar-refractivity contribution is 7.89. The number of hydrogen-bond acceptors (Lipinski definition) is 7. The van der Waals surface area contributed by atoms with E-state index in [1.807, 2.05) is 4.90 Å². The zero-order valence-corrected chi connectivity index (χ0v) is 18.7. The second-order valence-electron chi connectivity index (χ2n) is 8.47. The van der Waals surface area contributed by atoms with Crippen molar-refractivity contribution in [2.75, 3.05) is 31.1 Å². The van der Waals surface area contributed by atoms with Gasteiger partial charge < -0.3 is 9.47 Å². The monoisotopic (exact) mass is 448 g/mol. The van der Waals surface area contributed by atoms with Crippen LogP contribution in [0.2, 0.25) is 0 Å². The van der Waals surface area contributed by atoms with Crippen LogP contribution in [0.5, 0.6) is 0 Å². The van der Waals surface area contributed by atoms with Crippen LogP contribution in [0.3, 0.4) is 0 Å². The van der Waals surface area contributed by atoms with Gasteiger partial charge in [-0.3, -0.25) is 10.1 Å². The van der Waals surface area contributed by atoms with Crippen molar-refractivity contribution >= 4 is 21.4 Å². The summed E-state index contributed by atoms with van der Waals surface area (Å²) in [6.45, 7) is 6.39. The first kappa shape index (κ1) is 21.7. The van der Waals surface area contributed by atoms with Crippen LogP contribution in [0.25, 0.3) is 0 Å². The van der Waals surface area contributed by atoms with Gasteiger partial charge >= 0.3 is 0 Å². The number of aromatic nitrogens is 3. The molecule has 2 aliphatic heterocycles. The Labute approximate surface area is 182 Å². The van der Waals surface area contributed by atoms with Crippen molar-refractivity contribution < 1.29 is 13.3 Å². The molecule has 0 unspecified atom stereocenters. The molecule has 0 amide bonds. The topological polar surface area (TPSA) is 114 Å². The molecule has 0 N–H and O–H groups in total. The first-order valence-corrected chi connectivity index (χ1v) is 12.2. The molecule has 0 bridgehead atoms. The maximum absolute atomic E-state index is 13.3. The van der Waals surface area contributed by atoms with E-state index in [2.05, 4.69) is 28.6 Å². The van der Waals surface area contributed by atoms with Gasteiger partial charge in [0, 0.05) is 50.3 Å². The van der Waals surface area contributed by atoms with Gasteiger partial charge in [0.05, 0.1) is 10.6 Å². The van der Waals surface area contributed by atoms with Gasteiger partial charge in [0.25, 0.3) is 5.69 Å². The Morgan fingerprint density at radius 2 is 1.81 bits per heavy atom. The van der Waals surface area contributed by atoms with E-state index >= 15 is 0 Å². The summed E-state index contributed by atoms with van der Waals surface area (Å²) < 4.78 is 30.1. The van der Waals surface area contributed by atoms with E-state index in [1.54, 1.807) is 12.4 Å². The third kappa shape index (κ3) is 4.16. The van der Waals surface area contributed by atoms with E-state index in [-0.39, 0.29) is 22.5 Å². The SMILES string of the molecule is CC(C)n1cnnc1C1CCN(c2ccc([N+](=O)[O-])cc2S(=O)(=O)N2CCCC2)CC1. The fourth-order valence-corrected chi connectivity index (χ4v) is 6.22. The number of hydrogen-bond donors (Lipinski definition) is 0. The predicted molar refractivity (Wildman–Crippen MR) is 116 cm³/mol. The molecule has 2 fully saturated rings. The minimum absolute atomic E-state index is 0.0346. The molecule has 11 heteroatoms. The number of nitrogens with zero attached hydrogens (tertiary/aromatic N) is 6. The zero-order chi connectivity index (χ0) is 22.2. The molecule has 4 rings (SSSR count). The van der Waals surface area contributed by atoms with Gasteiger partial charge in [0.1, 0.15) is 17.0 Å². The van der Waals surface area contributed by atoms with Crippen LogP contribution >= 0.6 is 0 Å². The lowest BCUT2D eigenvalue weighted by molar-refractivity contribution is -0.385. The highest BCUT2D eigenvalue weighted by atomic mass is 32.2. The molecule has 0 spiro atoms. The summed E-state index contributed by atoms with van der Waals surface area (Å²) in [4.78, 5) is 12.8. The summed E-state index contributed by atoms with van der Waals surface area (Å²) in [7, 11) is -3.79. The van der Waals surface area contributed by atoms with E-state index in [1.165, 1.54) is 16.4 Å². The van der Waals surface area contributed by atoms with Crippen LogP contribution < -0.4 is 4.90 Å². The number of anilines is 1. The molecule has 2 aliphatic rings. The Morgan fingerprint density at radius 1 is 1.13 bits per heavy atom. The van der Waals surface area contributed by atoms with Crippen molar-refractivity contribution in [3.8, 4) is 0 Å². The van der Waals surface area contributed by atoms with Gasteiger partial charge in [-0.25, -0.2) is 8.42 Å². The molecule has 3 heterocycles. The lowest BCUT2D eigenvalue weighted by Crippen LogP contribution is -2.36. The van der Waals surface area contributed by atoms with Gasteiger partial charge in [0.2, 0.25) is 10.0 Å². The summed E-state index contributed by atoms with van der Waals surface area (Å²) in [6.07, 6.45) is 5.00. The predicted octanol–water partition coefficient (Wildman–Crippen LogP) is 2.94. The van der Waals surface area contributed by atoms with Crippen molar-refractivity contribution in [3.05, 3.63) is 40.5 Å². The number of rotatable bonds is 6. The molecule has 0 radical (unpaired) electrons. The summed E-state index contributed by atoms with van der Waals surface area (Å²) in [5, 5.41) is 19.7. The van der Waals surface area contributed by atoms with Gasteiger partial charge in [-0.2, -0.15) is 4.31 Å². The Hall–Kier alpha value is -2.53. The summed E-state index contributed by atoms with van der Waals surface area (Å²) in [5.74, 6) is 1.21. The largest absolute Gasteiger partial charge is 0.370 e. The second-order valence-corrected chi connectivity index (χ2v) is 10.4. The van der Waals surface area contributed by atoms with Gasteiger partial charge in [-0.1, -0.05) is 0 Å². The molecule has 0 saturated carbocycles. The Balaban J connectivity index is 1.61. The molecule has 0 aliphatic carbocycles. The van der Waals surface area contributed by atoms with Crippen molar-refractivity contribution in [2.24, 2.45) is 0 Å². The summed E-state index contributed by atoms with van der Waals surface area (Å²) in [5.41, 5.74) is 0.336. The first-order chi connectivity index (χ1) is 14.8. The zero-order valence-electron chi connectivity index (χ0n) is 17.8. The number of nitro benzene ring substituents is 1. The highest BCUT2D eigenvalue weighted by Gasteiger charge is 2.34. The first-order valence-electron chi connectivity index (χ1n) is 10.7. The summed E-state index contributed by atoms with van der Waals surface area (Å²) in [6, 6.07) is 4.46. The maximum Gasteiger partial charge on any atom is 0.270 e. The Kier molecular flexibility index (Phi) is 5.98. The molecule has 2 aromatic rings. The van der Waals surface area contributed by atoms with E-state index in [0.717, 1.165) is 31.5 Å². The van der Waals surface area contributed by atoms with Crippen LogP contribution in [0.1, 0.15) is 57.3 Å². The molecular weight excluding hydrogens is 420 g/mol. The summed E-state index contributed by atoms with van der Waals surface area (Å²) >= 11 is 0. The quantitative estimate of drug-likeness (QED) is 0.493. The molecule has 1 aromatic carbocycles. The fraction of sp³-hybridized carbons (Fsp3) is 0.600. The van der Waals surface area contributed by atoms with Crippen LogP contribution in [-0.2, 0) is 10.0 Å². The molecule has 2 saturated heterocycles. The van der Waals surface area contributed by atoms with Crippen molar-refractivity contribution in [1.29, 1.82) is 0 Å². The maximum atomic E-state index is 13.3. The number of piperidine rings is 1. The number of nitro groups is 1. The van der Waals surface area contributed by atoms with Gasteiger partial charge in [-0.15, -0.1) is 10.2 Å². The lowest BCUT2D eigenvalue weighted by Gasteiger charge is -2.35. The minimum Gasteiger partial charge on any atom is -0.370 e. The van der Waals surface area contributed by atoms with Crippen LogP contribution in [-0.4, -0.2) is 58.6 Å². The average molecular weight is 449 g/mol. The third-order valence-corrected chi connectivity index (χ3v) is 8.12. The van der Waals surface area contributed by atoms with E-state index in [4.69, 9.17) is 0 Å². The average Bonchev–Trinajstić information content (AvgIpc) is 3.46. The molecule has 10 nitrogen and oxygen atoms in total. The Morgan fingerprint density at radius 3 is 2.42 bits per heavy atom. The second kappa shape index (κ2) is 8.54. The van der Waals surface area contributed by atoms with E-state index < -0.39 is 14.9 Å². The molecule has 31 heavy (non-hydrogen) atoms. The number of sulfonamides is 1. The minimum atomic E-state index is -3.79. The van der Waals surface area contributed by atoms with Gasteiger partial charge in [-0.05, 0) is 45.6 Å².